The number of nitrogens with two attached hydrogens (primary N) is 1. The molecule has 0 saturated heterocycles. The van der Waals surface area contributed by atoms with E-state index in [-0.39, 0.29) is 5.75 Å². The van der Waals surface area contributed by atoms with Gasteiger partial charge in [0.15, 0.2) is 5.13 Å². The molecule has 0 unspecified atom stereocenters. The largest absolute Gasteiger partial charge is 0.494 e. The maximum absolute atomic E-state index is 13.0. The number of aromatic nitrogens is 1. The lowest BCUT2D eigenvalue weighted by Crippen LogP contribution is -2.15. The summed E-state index contributed by atoms with van der Waals surface area (Å²) in [6.07, 6.45) is -3.60. The van der Waals surface area contributed by atoms with E-state index in [9.17, 15) is 13.2 Å². The average Bonchev–Trinajstić information content (AvgIpc) is 3.24. The van der Waals surface area contributed by atoms with Crippen LogP contribution in [0.4, 0.5) is 18.3 Å². The molecule has 0 fully saturated rings. The van der Waals surface area contributed by atoms with Gasteiger partial charge in [-0.1, -0.05) is 29.5 Å². The van der Waals surface area contributed by atoms with Crippen LogP contribution in [0.2, 0.25) is 0 Å². The first-order chi connectivity index (χ1) is 16.3. The van der Waals surface area contributed by atoms with Gasteiger partial charge in [0.1, 0.15) is 17.2 Å². The van der Waals surface area contributed by atoms with Gasteiger partial charge in [0.05, 0.1) is 22.4 Å². The van der Waals surface area contributed by atoms with Crippen molar-refractivity contribution < 1.29 is 22.6 Å². The van der Waals surface area contributed by atoms with Gasteiger partial charge in [-0.15, -0.1) is 0 Å². The predicted octanol–water partition coefficient (Wildman–Crippen LogP) is 6.47. The number of halogens is 3. The number of hydrogen-bond acceptors (Lipinski definition) is 6. The van der Waals surface area contributed by atoms with Gasteiger partial charge in [0, 0.05) is 19.7 Å². The molecule has 0 bridgehead atoms. The highest BCUT2D eigenvalue weighted by Gasteiger charge is 2.30. The number of hydrogen-bond donors (Lipinski definition) is 1. The Morgan fingerprint density at radius 2 is 1.71 bits per heavy atom. The Morgan fingerprint density at radius 3 is 2.44 bits per heavy atom. The fraction of sp³-hybridized carbons (Fsp3) is 0.240. The summed E-state index contributed by atoms with van der Waals surface area (Å²) in [7, 11) is 1.96. The number of rotatable bonds is 9. The van der Waals surface area contributed by atoms with E-state index in [2.05, 4.69) is 4.98 Å². The molecule has 0 radical (unpaired) electrons. The molecule has 4 aromatic rings. The van der Waals surface area contributed by atoms with Gasteiger partial charge in [-0.3, -0.25) is 0 Å². The second-order valence-electron chi connectivity index (χ2n) is 7.74. The topological polar surface area (TPSA) is 60.6 Å². The predicted molar refractivity (Wildman–Crippen MR) is 129 cm³/mol. The standard InChI is InChI=1S/C25H24F3N3O2S/c1-31(16-17-6-8-19(9-7-17)32-13-3-12-29)24-30-22-11-10-21(15-23(22)34-24)33-20-5-2-4-18(14-20)25(26,27)28/h2,4-11,14-15H,3,12-13,16,29H2,1H3. The van der Waals surface area contributed by atoms with Crippen LogP contribution in [-0.2, 0) is 12.7 Å². The van der Waals surface area contributed by atoms with Crippen molar-refractivity contribution in [2.75, 3.05) is 25.1 Å². The van der Waals surface area contributed by atoms with Crippen molar-refractivity contribution >= 4 is 26.7 Å². The molecular formula is C25H24F3N3O2S. The second-order valence-corrected chi connectivity index (χ2v) is 8.75. The lowest BCUT2D eigenvalue weighted by molar-refractivity contribution is -0.137. The average molecular weight is 488 g/mol. The normalized spacial score (nSPS) is 11.6. The van der Waals surface area contributed by atoms with Crippen LogP contribution < -0.4 is 20.1 Å². The first kappa shape index (κ1) is 23.8. The van der Waals surface area contributed by atoms with Gasteiger partial charge in [0.25, 0.3) is 0 Å². The van der Waals surface area contributed by atoms with Crippen LogP contribution in [0.15, 0.2) is 66.7 Å². The van der Waals surface area contributed by atoms with E-state index in [1.165, 1.54) is 23.5 Å². The highest BCUT2D eigenvalue weighted by Crippen LogP contribution is 2.35. The smallest absolute Gasteiger partial charge is 0.416 e. The summed E-state index contributed by atoms with van der Waals surface area (Å²) < 4.78 is 51.1. The van der Waals surface area contributed by atoms with Crippen molar-refractivity contribution in [3.05, 3.63) is 77.9 Å². The summed E-state index contributed by atoms with van der Waals surface area (Å²) in [6, 6.07) is 18.0. The number of thiazole rings is 1. The van der Waals surface area contributed by atoms with E-state index in [1.807, 2.05) is 36.2 Å². The fourth-order valence-corrected chi connectivity index (χ4v) is 4.25. The highest BCUT2D eigenvalue weighted by molar-refractivity contribution is 7.22. The van der Waals surface area contributed by atoms with Crippen LogP contribution in [0, 0.1) is 0 Å². The van der Waals surface area contributed by atoms with Crippen molar-refractivity contribution in [3.63, 3.8) is 0 Å². The summed E-state index contributed by atoms with van der Waals surface area (Å²) in [5.41, 5.74) is 6.65. The Hall–Kier alpha value is -3.30. The van der Waals surface area contributed by atoms with Crippen LogP contribution in [0.5, 0.6) is 17.2 Å². The lowest BCUT2D eigenvalue weighted by atomic mass is 10.2. The molecule has 0 aliphatic carbocycles. The third-order valence-electron chi connectivity index (χ3n) is 5.03. The molecule has 0 saturated carbocycles. The van der Waals surface area contributed by atoms with E-state index in [0.29, 0.717) is 25.4 Å². The Morgan fingerprint density at radius 1 is 0.971 bits per heavy atom. The maximum atomic E-state index is 13.0. The molecule has 0 atom stereocenters. The molecular weight excluding hydrogens is 463 g/mol. The number of anilines is 1. The van der Waals surface area contributed by atoms with Crippen LogP contribution in [0.3, 0.4) is 0 Å². The van der Waals surface area contributed by atoms with Gasteiger partial charge >= 0.3 is 6.18 Å². The summed E-state index contributed by atoms with van der Waals surface area (Å²) in [4.78, 5) is 6.72. The molecule has 3 aromatic carbocycles. The van der Waals surface area contributed by atoms with Gasteiger partial charge in [-0.05, 0) is 61.0 Å². The quantitative estimate of drug-likeness (QED) is 0.274. The number of nitrogens with zero attached hydrogens (tertiary/aromatic N) is 2. The molecule has 178 valence electrons. The number of alkyl halides is 3. The van der Waals surface area contributed by atoms with E-state index < -0.39 is 11.7 Å². The van der Waals surface area contributed by atoms with Crippen molar-refractivity contribution in [1.82, 2.24) is 4.98 Å². The minimum atomic E-state index is -4.42. The monoisotopic (exact) mass is 487 g/mol. The van der Waals surface area contributed by atoms with E-state index >= 15 is 0 Å². The summed E-state index contributed by atoms with van der Waals surface area (Å²) in [5.74, 6) is 1.40. The first-order valence-corrected chi connectivity index (χ1v) is 11.5. The fourth-order valence-electron chi connectivity index (χ4n) is 3.30. The molecule has 0 amide bonds. The molecule has 5 nitrogen and oxygen atoms in total. The molecule has 0 aliphatic heterocycles. The molecule has 9 heteroatoms. The highest BCUT2D eigenvalue weighted by atomic mass is 32.1. The minimum Gasteiger partial charge on any atom is -0.494 e. The zero-order chi connectivity index (χ0) is 24.1. The third-order valence-corrected chi connectivity index (χ3v) is 6.16. The Kier molecular flexibility index (Phi) is 7.23. The third kappa shape index (κ3) is 5.98. The van der Waals surface area contributed by atoms with Crippen LogP contribution >= 0.6 is 11.3 Å². The first-order valence-electron chi connectivity index (χ1n) is 10.7. The van der Waals surface area contributed by atoms with E-state index in [1.54, 1.807) is 18.2 Å². The minimum absolute atomic E-state index is 0.131. The summed E-state index contributed by atoms with van der Waals surface area (Å²) >= 11 is 1.49. The van der Waals surface area contributed by atoms with Crippen LogP contribution in [-0.4, -0.2) is 25.2 Å². The Balaban J connectivity index is 1.43. The molecule has 1 heterocycles. The molecule has 4 rings (SSSR count). The maximum Gasteiger partial charge on any atom is 0.416 e. The number of ether oxygens (including phenoxy) is 2. The molecule has 0 spiro atoms. The summed E-state index contributed by atoms with van der Waals surface area (Å²) in [6.45, 7) is 1.86. The van der Waals surface area contributed by atoms with E-state index in [4.69, 9.17) is 15.2 Å². The van der Waals surface area contributed by atoms with Gasteiger partial charge < -0.3 is 20.1 Å². The van der Waals surface area contributed by atoms with Gasteiger partial charge in [0.2, 0.25) is 0 Å². The van der Waals surface area contributed by atoms with Gasteiger partial charge in [-0.2, -0.15) is 13.2 Å². The van der Waals surface area contributed by atoms with Crippen molar-refractivity contribution in [2.24, 2.45) is 5.73 Å². The van der Waals surface area contributed by atoms with Crippen LogP contribution in [0.1, 0.15) is 17.5 Å². The molecule has 2 N–H and O–H groups in total. The number of benzene rings is 3. The summed E-state index contributed by atoms with van der Waals surface area (Å²) in [5, 5.41) is 0.828. The van der Waals surface area contributed by atoms with Crippen LogP contribution in [0.25, 0.3) is 10.2 Å². The molecule has 34 heavy (non-hydrogen) atoms. The van der Waals surface area contributed by atoms with Crippen molar-refractivity contribution in [2.45, 2.75) is 19.1 Å². The Bertz CT molecular complexity index is 1240. The molecule has 0 aliphatic rings. The van der Waals surface area contributed by atoms with Crippen molar-refractivity contribution in [3.8, 4) is 17.2 Å². The second kappa shape index (κ2) is 10.3. The zero-order valence-electron chi connectivity index (χ0n) is 18.5. The zero-order valence-corrected chi connectivity index (χ0v) is 19.3. The van der Waals surface area contributed by atoms with Crippen molar-refractivity contribution in [1.29, 1.82) is 0 Å². The molecule has 1 aromatic heterocycles. The SMILES string of the molecule is CN(Cc1ccc(OCCCN)cc1)c1nc2ccc(Oc3cccc(C(F)(F)F)c3)cc2s1. The number of fused-ring (bicyclic) bond motifs is 1. The lowest BCUT2D eigenvalue weighted by Gasteiger charge is -2.16. The van der Waals surface area contributed by atoms with E-state index in [0.717, 1.165) is 45.2 Å². The van der Waals surface area contributed by atoms with Gasteiger partial charge in [-0.25, -0.2) is 4.98 Å². The Labute approximate surface area is 199 Å².